The average molecular weight is 390 g/mol. The Kier molecular flexibility index (Phi) is 2.90. The minimum atomic E-state index is -1.03. The molecular weight excluding hydrogens is 377 g/mol. The smallest absolute Gasteiger partial charge is 0.311 e. The van der Waals surface area contributed by atoms with Crippen molar-refractivity contribution in [2.24, 2.45) is 10.8 Å². The highest BCUT2D eigenvalue weighted by Crippen LogP contribution is 2.80. The summed E-state index contributed by atoms with van der Waals surface area (Å²) in [6, 6.07) is 10.1. The molecule has 0 unspecified atom stereocenters. The molecular formula is C19H13Cl2NO4. The molecule has 7 heteroatoms. The number of benzene rings is 2. The lowest BCUT2D eigenvalue weighted by Gasteiger charge is -2.71. The zero-order valence-corrected chi connectivity index (χ0v) is 14.9. The predicted molar refractivity (Wildman–Crippen MR) is 97.9 cm³/mol. The molecule has 26 heavy (non-hydrogen) atoms. The lowest BCUT2D eigenvalue weighted by atomic mass is 9.31. The number of nitrogens with zero attached hydrogens (tertiary/aromatic N) is 1. The summed E-state index contributed by atoms with van der Waals surface area (Å²) in [5.74, 6) is -1.88. The molecule has 3 saturated carbocycles. The van der Waals surface area contributed by atoms with E-state index in [0.29, 0.717) is 10.0 Å². The Bertz CT molecular complexity index is 1060. The topological polar surface area (TPSA) is 79.5 Å². The number of carboxylic acid groups (broad SMARTS) is 2. The first-order valence-electron chi connectivity index (χ1n) is 8.16. The van der Waals surface area contributed by atoms with Crippen LogP contribution >= 0.6 is 23.2 Å². The van der Waals surface area contributed by atoms with Gasteiger partial charge < -0.3 is 14.8 Å². The van der Waals surface area contributed by atoms with E-state index in [-0.39, 0.29) is 12.8 Å². The summed E-state index contributed by atoms with van der Waals surface area (Å²) in [4.78, 5) is 23.9. The fraction of sp³-hybridized carbons (Fsp3) is 0.263. The van der Waals surface area contributed by atoms with Crippen molar-refractivity contribution in [3.05, 3.63) is 46.4 Å². The molecule has 0 saturated heterocycles. The summed E-state index contributed by atoms with van der Waals surface area (Å²) >= 11 is 12.3. The van der Waals surface area contributed by atoms with E-state index in [1.54, 1.807) is 24.3 Å². The van der Waals surface area contributed by atoms with Gasteiger partial charge in [0.25, 0.3) is 0 Å². The summed E-state index contributed by atoms with van der Waals surface area (Å²) in [7, 11) is 0. The molecule has 2 aromatic carbocycles. The zero-order chi connectivity index (χ0) is 18.4. The van der Waals surface area contributed by atoms with E-state index < -0.39 is 28.8 Å². The van der Waals surface area contributed by atoms with Gasteiger partial charge in [0.15, 0.2) is 0 Å². The second-order valence-electron chi connectivity index (χ2n) is 7.37. The normalized spacial score (nSPS) is 29.4. The maximum Gasteiger partial charge on any atom is 0.311 e. The minimum absolute atomic E-state index is 0.164. The summed E-state index contributed by atoms with van der Waals surface area (Å²) in [6.07, 6.45) is 0.329. The molecule has 132 valence electrons. The van der Waals surface area contributed by atoms with Gasteiger partial charge in [0, 0.05) is 31.9 Å². The van der Waals surface area contributed by atoms with Gasteiger partial charge in [-0.3, -0.25) is 9.59 Å². The van der Waals surface area contributed by atoms with Crippen LogP contribution in [0.15, 0.2) is 36.4 Å². The number of aliphatic carboxylic acids is 2. The molecule has 3 aliphatic carbocycles. The number of fused-ring (bicyclic) bond motifs is 3. The molecule has 0 spiro atoms. The Labute approximate surface area is 157 Å². The summed E-state index contributed by atoms with van der Waals surface area (Å²) < 4.78 is 1.87. The SMILES string of the molecule is O=C(O)C12CC(C(=O)O)(C1)C2n1c2ccc(Cl)cc2c2cc(Cl)ccc21. The van der Waals surface area contributed by atoms with E-state index in [2.05, 4.69) is 0 Å². The molecule has 0 amide bonds. The fourth-order valence-electron chi connectivity index (χ4n) is 5.03. The Morgan fingerprint density at radius 2 is 1.31 bits per heavy atom. The van der Waals surface area contributed by atoms with Crippen LogP contribution in [0.2, 0.25) is 10.0 Å². The van der Waals surface area contributed by atoms with Crippen molar-refractivity contribution in [3.63, 3.8) is 0 Å². The zero-order valence-electron chi connectivity index (χ0n) is 13.4. The Morgan fingerprint density at radius 1 is 0.885 bits per heavy atom. The van der Waals surface area contributed by atoms with E-state index in [9.17, 15) is 19.8 Å². The molecule has 0 atom stereocenters. The largest absolute Gasteiger partial charge is 0.481 e. The van der Waals surface area contributed by atoms with Gasteiger partial charge in [-0.25, -0.2) is 0 Å². The average Bonchev–Trinajstić information content (AvgIpc) is 2.78. The van der Waals surface area contributed by atoms with Crippen LogP contribution in [-0.4, -0.2) is 26.7 Å². The van der Waals surface area contributed by atoms with Crippen LogP contribution in [0.3, 0.4) is 0 Å². The number of carbonyl (C=O) groups is 2. The fourth-order valence-corrected chi connectivity index (χ4v) is 5.38. The third-order valence-electron chi connectivity index (χ3n) is 6.15. The third kappa shape index (κ3) is 1.63. The highest BCUT2D eigenvalue weighted by Gasteiger charge is 2.84. The van der Waals surface area contributed by atoms with E-state index in [0.717, 1.165) is 21.8 Å². The van der Waals surface area contributed by atoms with Crippen molar-refractivity contribution in [3.8, 4) is 0 Å². The first-order valence-corrected chi connectivity index (χ1v) is 8.91. The van der Waals surface area contributed by atoms with Gasteiger partial charge in [-0.05, 0) is 49.2 Å². The monoisotopic (exact) mass is 389 g/mol. The number of hydrogen-bond donors (Lipinski definition) is 2. The second-order valence-corrected chi connectivity index (χ2v) is 8.24. The van der Waals surface area contributed by atoms with Crippen molar-refractivity contribution in [2.45, 2.75) is 18.9 Å². The maximum atomic E-state index is 11.9. The van der Waals surface area contributed by atoms with Crippen LogP contribution in [0.25, 0.3) is 21.8 Å². The summed E-state index contributed by atoms with van der Waals surface area (Å²) in [5, 5.41) is 22.3. The van der Waals surface area contributed by atoms with Crippen LogP contribution in [-0.2, 0) is 9.59 Å². The van der Waals surface area contributed by atoms with Gasteiger partial charge in [-0.2, -0.15) is 0 Å². The highest BCUT2D eigenvalue weighted by molar-refractivity contribution is 6.33. The molecule has 1 aromatic heterocycles. The quantitative estimate of drug-likeness (QED) is 0.686. The van der Waals surface area contributed by atoms with E-state index >= 15 is 0 Å². The lowest BCUT2D eigenvalue weighted by molar-refractivity contribution is -0.261. The van der Waals surface area contributed by atoms with E-state index in [4.69, 9.17) is 23.2 Å². The van der Waals surface area contributed by atoms with Gasteiger partial charge in [0.1, 0.15) is 0 Å². The number of aromatic nitrogens is 1. The van der Waals surface area contributed by atoms with E-state index in [1.807, 2.05) is 16.7 Å². The molecule has 2 N–H and O–H groups in total. The number of hydrogen-bond acceptors (Lipinski definition) is 2. The van der Waals surface area contributed by atoms with Gasteiger partial charge in [-0.15, -0.1) is 0 Å². The van der Waals surface area contributed by atoms with Crippen LogP contribution in [0.1, 0.15) is 18.9 Å². The molecule has 3 aromatic rings. The van der Waals surface area contributed by atoms with Crippen LogP contribution < -0.4 is 0 Å². The third-order valence-corrected chi connectivity index (χ3v) is 6.62. The maximum absolute atomic E-state index is 11.9. The van der Waals surface area contributed by atoms with Gasteiger partial charge in [-0.1, -0.05) is 23.2 Å². The Morgan fingerprint density at radius 3 is 1.69 bits per heavy atom. The molecule has 5 nitrogen and oxygen atoms in total. The van der Waals surface area contributed by atoms with Crippen LogP contribution in [0.4, 0.5) is 0 Å². The standard InChI is InChI=1S/C19H13Cl2NO4/c20-9-1-3-13-11(5-9)12-6-10(21)2-4-14(12)22(13)15-18(16(23)24)7-19(15,8-18)17(25)26/h1-6,15H,7-8H2,(H,23,24)(H,25,26). The molecule has 2 bridgehead atoms. The summed E-state index contributed by atoms with van der Waals surface area (Å²) in [6.45, 7) is 0. The van der Waals surface area contributed by atoms with Crippen LogP contribution in [0.5, 0.6) is 0 Å². The molecule has 6 rings (SSSR count). The minimum Gasteiger partial charge on any atom is -0.481 e. The van der Waals surface area contributed by atoms with E-state index in [1.165, 1.54) is 0 Å². The van der Waals surface area contributed by atoms with Crippen molar-refractivity contribution in [2.75, 3.05) is 0 Å². The predicted octanol–water partition coefficient (Wildman–Crippen LogP) is 4.59. The van der Waals surface area contributed by atoms with Crippen LogP contribution in [0, 0.1) is 10.8 Å². The van der Waals surface area contributed by atoms with Crippen molar-refractivity contribution in [1.29, 1.82) is 0 Å². The lowest BCUT2D eigenvalue weighted by Crippen LogP contribution is -2.76. The molecule has 3 fully saturated rings. The second kappa shape index (κ2) is 4.72. The van der Waals surface area contributed by atoms with Gasteiger partial charge >= 0.3 is 11.9 Å². The molecule has 0 radical (unpaired) electrons. The van der Waals surface area contributed by atoms with Crippen molar-refractivity contribution < 1.29 is 19.8 Å². The van der Waals surface area contributed by atoms with Gasteiger partial charge in [0.05, 0.1) is 16.9 Å². The first kappa shape index (κ1) is 16.0. The van der Waals surface area contributed by atoms with Crippen molar-refractivity contribution >= 4 is 56.9 Å². The number of rotatable bonds is 3. The molecule has 3 aliphatic rings. The Balaban J connectivity index is 1.86. The van der Waals surface area contributed by atoms with Crippen molar-refractivity contribution in [1.82, 2.24) is 4.57 Å². The molecule has 0 aliphatic heterocycles. The number of halogens is 2. The molecule has 1 heterocycles. The number of carboxylic acids is 2. The summed E-state index contributed by atoms with van der Waals surface area (Å²) in [5.41, 5.74) is -0.521. The first-order chi connectivity index (χ1) is 12.3. The Hall–Kier alpha value is -2.24. The highest BCUT2D eigenvalue weighted by atomic mass is 35.5. The van der Waals surface area contributed by atoms with Gasteiger partial charge in [0.2, 0.25) is 0 Å².